The van der Waals surface area contributed by atoms with Gasteiger partial charge < -0.3 is 18.9 Å². The van der Waals surface area contributed by atoms with Crippen LogP contribution in [-0.2, 0) is 0 Å². The summed E-state index contributed by atoms with van der Waals surface area (Å²) in [6, 6.07) is 64.0. The van der Waals surface area contributed by atoms with Crippen LogP contribution in [-0.4, -0.2) is 18.0 Å². The van der Waals surface area contributed by atoms with Crippen molar-refractivity contribution in [1.29, 1.82) is 0 Å². The summed E-state index contributed by atoms with van der Waals surface area (Å²) in [6.07, 6.45) is 0. The van der Waals surface area contributed by atoms with E-state index in [1.807, 2.05) is 0 Å². The maximum Gasteiger partial charge on any atom is 0.256 e. The second-order valence-corrected chi connectivity index (χ2v) is 22.0. The molecule has 348 valence electrons. The molecule has 0 N–H and O–H groups in total. The van der Waals surface area contributed by atoms with Gasteiger partial charge in [-0.25, -0.2) is 0 Å². The number of aromatic nitrogens is 1. The minimum atomic E-state index is -0.165. The summed E-state index contributed by atoms with van der Waals surface area (Å²) in [4.78, 5) is 2.52. The number of hydrogen-bond donors (Lipinski definition) is 0. The highest BCUT2D eigenvalue weighted by Gasteiger charge is 2.51. The second kappa shape index (κ2) is 15.9. The van der Waals surface area contributed by atoms with Crippen molar-refractivity contribution in [3.8, 4) is 50.9 Å². The van der Waals surface area contributed by atoms with Gasteiger partial charge in [0.25, 0.3) is 13.4 Å². The Balaban J connectivity index is 1.17. The highest BCUT2D eigenvalue weighted by molar-refractivity contribution is 7.02. The van der Waals surface area contributed by atoms with E-state index in [9.17, 15) is 0 Å². The van der Waals surface area contributed by atoms with Gasteiger partial charge in [0.15, 0.2) is 0 Å². The second-order valence-electron chi connectivity index (χ2n) is 22.0. The molecule has 4 aliphatic rings. The van der Waals surface area contributed by atoms with Gasteiger partial charge in [0.05, 0.1) is 16.9 Å². The van der Waals surface area contributed by atoms with Crippen molar-refractivity contribution in [2.75, 3.05) is 4.90 Å². The van der Waals surface area contributed by atoms with Crippen molar-refractivity contribution >= 4 is 85.1 Å². The van der Waals surface area contributed by atoms with Gasteiger partial charge in [-0.3, -0.25) is 0 Å². The van der Waals surface area contributed by atoms with Crippen LogP contribution in [0.3, 0.4) is 0 Å². The molecule has 0 spiro atoms. The topological polar surface area (TPSA) is 26.6 Å². The van der Waals surface area contributed by atoms with Gasteiger partial charge in [-0.05, 0) is 139 Å². The van der Waals surface area contributed by atoms with Crippen LogP contribution in [0.5, 0.6) is 23.0 Å². The Kier molecular flexibility index (Phi) is 9.53. The third-order valence-electron chi connectivity index (χ3n) is 16.4. The third kappa shape index (κ3) is 6.20. The van der Waals surface area contributed by atoms with Crippen LogP contribution in [0.2, 0.25) is 0 Å². The van der Waals surface area contributed by atoms with Crippen molar-refractivity contribution < 1.29 is 9.47 Å². The number of ether oxygens (including phenoxy) is 2. The average Bonchev–Trinajstić information content (AvgIpc) is 3.75. The molecule has 1 aromatic heterocycles. The van der Waals surface area contributed by atoms with Crippen molar-refractivity contribution in [2.45, 2.75) is 79.1 Å². The quantitative estimate of drug-likeness (QED) is 0.149. The van der Waals surface area contributed by atoms with Gasteiger partial charge in [-0.15, -0.1) is 0 Å². The van der Waals surface area contributed by atoms with E-state index in [2.05, 4.69) is 235 Å². The molecule has 10 aromatic rings. The van der Waals surface area contributed by atoms with Gasteiger partial charge >= 0.3 is 0 Å². The average molecular weight is 931 g/mol. The zero-order valence-corrected chi connectivity index (χ0v) is 42.3. The molecule has 0 unspecified atom stereocenters. The van der Waals surface area contributed by atoms with E-state index in [0.29, 0.717) is 23.7 Å². The normalized spacial score (nSPS) is 13.6. The van der Waals surface area contributed by atoms with Crippen LogP contribution in [0.15, 0.2) is 170 Å². The summed E-state index contributed by atoms with van der Waals surface area (Å²) in [5.74, 6) is 5.00. The van der Waals surface area contributed by atoms with Gasteiger partial charge in [-0.2, -0.15) is 0 Å². The van der Waals surface area contributed by atoms with Crippen LogP contribution in [0.1, 0.15) is 101 Å². The lowest BCUT2D eigenvalue weighted by Crippen LogP contribution is -2.63. The smallest absolute Gasteiger partial charge is 0.256 e. The number of rotatable bonds is 7. The first-order valence-electron chi connectivity index (χ1n) is 26.2. The fourth-order valence-corrected chi connectivity index (χ4v) is 12.6. The first-order valence-corrected chi connectivity index (χ1v) is 26.2. The standard InChI is InChI=1S/C66H56B2N2O2/c1-37(2)41-19-25-49(26-20-41)69-57-28-22-45(39(5)6)33-52(57)67-53-34-46(42-15-11-9-12-16-42)23-29-58(53)72-66-60(67)63(69)65-61-64(66)70-56-27-21-44(38(3)4)31-50(56)51-32-48(40(7)8)36-55(62(51)70)68(61)54-35-47(24-30-59(54)71-65)43-17-13-10-14-18-43/h9-40H,1-8H3. The van der Waals surface area contributed by atoms with Crippen molar-refractivity contribution in [1.82, 2.24) is 4.57 Å². The zero-order valence-electron chi connectivity index (χ0n) is 42.3. The Bertz CT molecular complexity index is 3890. The van der Waals surface area contributed by atoms with E-state index in [-0.39, 0.29) is 13.4 Å². The first kappa shape index (κ1) is 43.1. The molecule has 0 bridgehead atoms. The minimum Gasteiger partial charge on any atom is -0.456 e. The third-order valence-corrected chi connectivity index (χ3v) is 16.4. The number of nitrogens with zero attached hydrogens (tertiary/aromatic N) is 2. The van der Waals surface area contributed by atoms with Crippen LogP contribution < -0.4 is 47.2 Å². The van der Waals surface area contributed by atoms with Gasteiger partial charge in [-0.1, -0.05) is 177 Å². The summed E-state index contributed by atoms with van der Waals surface area (Å²) in [5.41, 5.74) is 24.0. The Morgan fingerprint density at radius 2 is 0.889 bits per heavy atom. The lowest BCUT2D eigenvalue weighted by Gasteiger charge is -2.45. The van der Waals surface area contributed by atoms with E-state index in [1.54, 1.807) is 0 Å². The van der Waals surface area contributed by atoms with Crippen molar-refractivity contribution in [3.05, 3.63) is 192 Å². The molecule has 6 heteroatoms. The molecule has 14 rings (SSSR count). The summed E-state index contributed by atoms with van der Waals surface area (Å²) < 4.78 is 18.1. The molecule has 4 nitrogen and oxygen atoms in total. The maximum absolute atomic E-state index is 7.78. The molecule has 0 saturated heterocycles. The molecule has 0 saturated carbocycles. The predicted molar refractivity (Wildman–Crippen MR) is 305 cm³/mol. The monoisotopic (exact) mass is 930 g/mol. The van der Waals surface area contributed by atoms with E-state index >= 15 is 0 Å². The fraction of sp³-hybridized carbons (Fsp3) is 0.182. The lowest BCUT2D eigenvalue weighted by atomic mass is 9.31. The van der Waals surface area contributed by atoms with Crippen LogP contribution >= 0.6 is 0 Å². The molecule has 4 aliphatic heterocycles. The lowest BCUT2D eigenvalue weighted by molar-refractivity contribution is 0.475. The van der Waals surface area contributed by atoms with Crippen molar-refractivity contribution in [3.63, 3.8) is 0 Å². The van der Waals surface area contributed by atoms with Gasteiger partial charge in [0.2, 0.25) is 0 Å². The molecule has 0 aliphatic carbocycles. The Morgan fingerprint density at radius 1 is 0.389 bits per heavy atom. The molecule has 0 amide bonds. The molecular weight excluding hydrogens is 874 g/mol. The van der Waals surface area contributed by atoms with Crippen LogP contribution in [0, 0.1) is 0 Å². The molecule has 0 radical (unpaired) electrons. The molecule has 5 heterocycles. The Hall–Kier alpha value is -7.69. The van der Waals surface area contributed by atoms with Crippen LogP contribution in [0.25, 0.3) is 49.7 Å². The zero-order chi connectivity index (χ0) is 48.8. The molecular formula is C66H56B2N2O2. The molecule has 0 atom stereocenters. The molecule has 72 heavy (non-hydrogen) atoms. The van der Waals surface area contributed by atoms with E-state index in [0.717, 1.165) is 62.1 Å². The highest BCUT2D eigenvalue weighted by atomic mass is 16.5. The molecule has 9 aromatic carbocycles. The highest BCUT2D eigenvalue weighted by Crippen LogP contribution is 2.52. The SMILES string of the molecule is CC(C)c1ccc(N2c3ccc(C(C)C)cc3B3c4cc(-c5ccccc5)ccc4Oc4c3c2c2c3c4-n4c5ccc(C(C)C)cc5c5cc(C(C)C)cc(c54)B3c3cc(-c4ccccc4)ccc3O2)cc1. The van der Waals surface area contributed by atoms with E-state index in [1.165, 1.54) is 82.7 Å². The molecule has 0 fully saturated rings. The predicted octanol–water partition coefficient (Wildman–Crippen LogP) is 14.0. The number of hydrogen-bond acceptors (Lipinski definition) is 3. The van der Waals surface area contributed by atoms with Gasteiger partial charge in [0.1, 0.15) is 23.0 Å². The van der Waals surface area contributed by atoms with Crippen LogP contribution in [0.4, 0.5) is 17.1 Å². The maximum atomic E-state index is 7.78. The van der Waals surface area contributed by atoms with E-state index < -0.39 is 0 Å². The summed E-state index contributed by atoms with van der Waals surface area (Å²) in [5, 5.41) is 2.56. The largest absolute Gasteiger partial charge is 0.456 e. The minimum absolute atomic E-state index is 0.162. The number of anilines is 3. The van der Waals surface area contributed by atoms with Crippen molar-refractivity contribution in [2.24, 2.45) is 0 Å². The Labute approximate surface area is 424 Å². The summed E-state index contributed by atoms with van der Waals surface area (Å²) >= 11 is 0. The number of fused-ring (bicyclic) bond motifs is 13. The fourth-order valence-electron chi connectivity index (χ4n) is 12.6. The summed E-state index contributed by atoms with van der Waals surface area (Å²) in [7, 11) is 0. The Morgan fingerprint density at radius 3 is 1.49 bits per heavy atom. The van der Waals surface area contributed by atoms with E-state index in [4.69, 9.17) is 9.47 Å². The first-order chi connectivity index (χ1) is 35.0. The van der Waals surface area contributed by atoms with Gasteiger partial charge in [0, 0.05) is 38.6 Å². The summed E-state index contributed by atoms with van der Waals surface area (Å²) in [6.45, 7) is 18.1. The number of benzene rings is 9.